The first kappa shape index (κ1) is 18.3. The third kappa shape index (κ3) is 3.03. The number of fused-ring (bicyclic) bond motifs is 1. The Morgan fingerprint density at radius 2 is 1.96 bits per heavy atom. The van der Waals surface area contributed by atoms with E-state index in [1.54, 1.807) is 0 Å². The number of imide groups is 2. The Balaban J connectivity index is 1.99. The Kier molecular flexibility index (Phi) is 4.44. The number of likely N-dealkylation sites (tertiary alicyclic amines) is 1. The molecule has 2 saturated heterocycles. The summed E-state index contributed by atoms with van der Waals surface area (Å²) in [6, 6.07) is -1.12. The molecule has 10 nitrogen and oxygen atoms in total. The van der Waals surface area contributed by atoms with Gasteiger partial charge in [-0.2, -0.15) is 8.42 Å². The van der Waals surface area contributed by atoms with Crippen molar-refractivity contribution in [3.8, 4) is 0 Å². The molecule has 26 heavy (non-hydrogen) atoms. The summed E-state index contributed by atoms with van der Waals surface area (Å²) in [5, 5.41) is 2.10. The number of amides is 4. The molecule has 11 heteroatoms. The second-order valence-corrected chi connectivity index (χ2v) is 7.83. The molecule has 3 atom stereocenters. The van der Waals surface area contributed by atoms with E-state index in [1.165, 1.54) is 12.2 Å². The lowest BCUT2D eigenvalue weighted by Gasteiger charge is -2.28. The molecule has 3 unspecified atom stereocenters. The summed E-state index contributed by atoms with van der Waals surface area (Å²) < 4.78 is 28.1. The van der Waals surface area contributed by atoms with E-state index in [-0.39, 0.29) is 30.7 Å². The minimum Gasteiger partial charge on any atom is -0.386 e. The minimum absolute atomic E-state index is 0.00474. The van der Waals surface area contributed by atoms with Gasteiger partial charge in [0.15, 0.2) is 0 Å². The molecule has 0 bridgehead atoms. The van der Waals surface area contributed by atoms with Crippen LogP contribution in [0, 0.1) is 11.8 Å². The van der Waals surface area contributed by atoms with Crippen molar-refractivity contribution in [2.24, 2.45) is 17.6 Å². The fourth-order valence-corrected chi connectivity index (χ4v) is 3.90. The molecule has 1 aliphatic carbocycles. The van der Waals surface area contributed by atoms with E-state index in [2.05, 4.69) is 5.32 Å². The zero-order valence-corrected chi connectivity index (χ0v) is 14.6. The van der Waals surface area contributed by atoms with Crippen molar-refractivity contribution in [2.45, 2.75) is 18.9 Å². The van der Waals surface area contributed by atoms with Gasteiger partial charge in [0.2, 0.25) is 23.6 Å². The van der Waals surface area contributed by atoms with Crippen LogP contribution in [0.15, 0.2) is 23.5 Å². The number of piperidine rings is 1. The molecule has 0 aromatic heterocycles. The van der Waals surface area contributed by atoms with Crippen molar-refractivity contribution >= 4 is 33.7 Å². The third-order valence-corrected chi connectivity index (χ3v) is 4.95. The smallest absolute Gasteiger partial charge is 0.305 e. The zero-order chi connectivity index (χ0) is 19.2. The molecule has 0 aromatic rings. The summed E-state index contributed by atoms with van der Waals surface area (Å²) in [6.07, 6.45) is 3.73. The number of carbonyl (C=O) groups is 4. The van der Waals surface area contributed by atoms with E-state index in [9.17, 15) is 27.6 Å². The second-order valence-electron chi connectivity index (χ2n) is 6.26. The van der Waals surface area contributed by atoms with Gasteiger partial charge in [-0.1, -0.05) is 12.2 Å². The van der Waals surface area contributed by atoms with Crippen molar-refractivity contribution in [1.82, 2.24) is 10.2 Å². The van der Waals surface area contributed by atoms with Gasteiger partial charge in [-0.15, -0.1) is 0 Å². The topological polar surface area (TPSA) is 153 Å². The molecule has 4 amide bonds. The summed E-state index contributed by atoms with van der Waals surface area (Å²) in [7, 11) is -3.96. The lowest BCUT2D eigenvalue weighted by atomic mass is 9.86. The number of nitrogens with two attached hydrogens (primary N) is 1. The maximum atomic E-state index is 12.9. The Morgan fingerprint density at radius 1 is 1.27 bits per heavy atom. The standard InChI is InChI=1S/C15H17N3O7S/c1-26(23,24)25-12-7(6-16)2-3-8-11(12)15(22)18(14(8)21)9-4-5-10(19)17-13(9)20/h2-3,8-9,11H,4-6,16H2,1H3,(H,17,19,20). The van der Waals surface area contributed by atoms with Crippen LogP contribution in [0.3, 0.4) is 0 Å². The first-order valence-electron chi connectivity index (χ1n) is 7.85. The Hall–Kier alpha value is -2.53. The highest BCUT2D eigenvalue weighted by Crippen LogP contribution is 2.40. The summed E-state index contributed by atoms with van der Waals surface area (Å²) in [5.74, 6) is -4.99. The number of nitrogens with zero attached hydrogens (tertiary/aromatic N) is 1. The average Bonchev–Trinajstić information content (AvgIpc) is 2.79. The number of nitrogens with one attached hydrogen (secondary N) is 1. The van der Waals surface area contributed by atoms with E-state index >= 15 is 0 Å². The Labute approximate surface area is 149 Å². The maximum absolute atomic E-state index is 12.9. The van der Waals surface area contributed by atoms with Gasteiger partial charge in [0.25, 0.3) is 0 Å². The van der Waals surface area contributed by atoms with Crippen LogP contribution in [0.25, 0.3) is 0 Å². The second kappa shape index (κ2) is 6.32. The Bertz CT molecular complexity index is 874. The van der Waals surface area contributed by atoms with Gasteiger partial charge in [0, 0.05) is 18.5 Å². The zero-order valence-electron chi connectivity index (χ0n) is 13.8. The highest BCUT2D eigenvalue weighted by molar-refractivity contribution is 7.86. The lowest BCUT2D eigenvalue weighted by molar-refractivity contribution is -0.151. The Morgan fingerprint density at radius 3 is 2.54 bits per heavy atom. The molecule has 2 fully saturated rings. The summed E-state index contributed by atoms with van der Waals surface area (Å²) >= 11 is 0. The van der Waals surface area contributed by atoms with Crippen LogP contribution in [0.5, 0.6) is 0 Å². The fraction of sp³-hybridized carbons (Fsp3) is 0.467. The van der Waals surface area contributed by atoms with Crippen LogP contribution in [0.4, 0.5) is 0 Å². The molecule has 0 radical (unpaired) electrons. The van der Waals surface area contributed by atoms with Crippen LogP contribution < -0.4 is 11.1 Å². The third-order valence-electron chi connectivity index (χ3n) is 4.47. The highest BCUT2D eigenvalue weighted by atomic mass is 32.2. The van der Waals surface area contributed by atoms with Crippen molar-refractivity contribution in [3.63, 3.8) is 0 Å². The fourth-order valence-electron chi connectivity index (χ4n) is 3.36. The first-order chi connectivity index (χ1) is 12.1. The van der Waals surface area contributed by atoms with Crippen LogP contribution in [0.1, 0.15) is 12.8 Å². The molecule has 2 heterocycles. The van der Waals surface area contributed by atoms with Crippen LogP contribution in [-0.4, -0.2) is 55.8 Å². The van der Waals surface area contributed by atoms with E-state index in [4.69, 9.17) is 9.92 Å². The molecular formula is C15H17N3O7S. The van der Waals surface area contributed by atoms with Crippen molar-refractivity contribution in [3.05, 3.63) is 23.5 Å². The first-order valence-corrected chi connectivity index (χ1v) is 9.67. The van der Waals surface area contributed by atoms with Crippen LogP contribution in [0.2, 0.25) is 0 Å². The average molecular weight is 383 g/mol. The van der Waals surface area contributed by atoms with E-state index in [0.29, 0.717) is 0 Å². The van der Waals surface area contributed by atoms with Gasteiger partial charge in [-0.05, 0) is 6.42 Å². The monoisotopic (exact) mass is 383 g/mol. The molecule has 3 N–H and O–H groups in total. The van der Waals surface area contributed by atoms with E-state index in [0.717, 1.165) is 11.2 Å². The SMILES string of the molecule is CS(=O)(=O)OC1=C(CN)C=CC2C(=O)N(C3CCC(=O)NC3=O)C(=O)C12. The molecule has 0 saturated carbocycles. The van der Waals surface area contributed by atoms with E-state index in [1.807, 2.05) is 0 Å². The summed E-state index contributed by atoms with van der Waals surface area (Å²) in [4.78, 5) is 49.8. The maximum Gasteiger partial charge on any atom is 0.305 e. The molecule has 0 spiro atoms. The van der Waals surface area contributed by atoms with Crippen LogP contribution >= 0.6 is 0 Å². The molecule has 2 aliphatic heterocycles. The quantitative estimate of drug-likeness (QED) is 0.424. The van der Waals surface area contributed by atoms with Gasteiger partial charge in [-0.25, -0.2) is 0 Å². The van der Waals surface area contributed by atoms with Crippen molar-refractivity contribution in [2.75, 3.05) is 12.8 Å². The van der Waals surface area contributed by atoms with Crippen LogP contribution in [-0.2, 0) is 33.5 Å². The number of carbonyl (C=O) groups excluding carboxylic acids is 4. The van der Waals surface area contributed by atoms with E-state index < -0.39 is 51.6 Å². The minimum atomic E-state index is -3.96. The summed E-state index contributed by atoms with van der Waals surface area (Å²) in [5.41, 5.74) is 5.88. The van der Waals surface area contributed by atoms with Gasteiger partial charge in [0.05, 0.1) is 12.2 Å². The summed E-state index contributed by atoms with van der Waals surface area (Å²) in [6.45, 7) is -0.0928. The predicted octanol–water partition coefficient (Wildman–Crippen LogP) is -1.85. The normalized spacial score (nSPS) is 29.2. The van der Waals surface area contributed by atoms with Gasteiger partial charge >= 0.3 is 10.1 Å². The van der Waals surface area contributed by atoms with Gasteiger partial charge in [0.1, 0.15) is 17.7 Å². The van der Waals surface area contributed by atoms with Gasteiger partial charge < -0.3 is 9.92 Å². The lowest BCUT2D eigenvalue weighted by Crippen LogP contribution is -2.54. The number of hydrogen-bond acceptors (Lipinski definition) is 8. The van der Waals surface area contributed by atoms with Gasteiger partial charge in [-0.3, -0.25) is 29.4 Å². The number of hydrogen-bond donors (Lipinski definition) is 2. The highest BCUT2D eigenvalue weighted by Gasteiger charge is 2.55. The molecule has 3 aliphatic rings. The molecular weight excluding hydrogens is 366 g/mol. The molecule has 3 rings (SSSR count). The van der Waals surface area contributed by atoms with Crippen molar-refractivity contribution in [1.29, 1.82) is 0 Å². The number of rotatable bonds is 4. The largest absolute Gasteiger partial charge is 0.386 e. The molecule has 0 aromatic carbocycles. The predicted molar refractivity (Wildman–Crippen MR) is 86.2 cm³/mol. The van der Waals surface area contributed by atoms with Crippen molar-refractivity contribution < 1.29 is 31.8 Å². The molecule has 140 valence electrons.